The van der Waals surface area contributed by atoms with Crippen molar-refractivity contribution in [3.63, 3.8) is 0 Å². The second-order valence-corrected chi connectivity index (χ2v) is 2.28. The van der Waals surface area contributed by atoms with Gasteiger partial charge in [-0.25, -0.2) is 4.98 Å². The fourth-order valence-electron chi connectivity index (χ4n) is 1.04. The van der Waals surface area contributed by atoms with Crippen LogP contribution in [-0.2, 0) is 0 Å². The SMILES string of the molecule is COc1cc2cccnc2[nH]1. The van der Waals surface area contributed by atoms with Crippen molar-refractivity contribution >= 4 is 11.0 Å². The molecule has 0 aliphatic heterocycles. The van der Waals surface area contributed by atoms with Crippen molar-refractivity contribution < 1.29 is 4.74 Å². The van der Waals surface area contributed by atoms with Crippen molar-refractivity contribution in [3.8, 4) is 5.88 Å². The van der Waals surface area contributed by atoms with Crippen LogP contribution in [0.25, 0.3) is 11.0 Å². The highest BCUT2D eigenvalue weighted by molar-refractivity contribution is 5.77. The predicted octanol–water partition coefficient (Wildman–Crippen LogP) is 1.57. The Kier molecular flexibility index (Phi) is 1.28. The highest BCUT2D eigenvalue weighted by atomic mass is 16.5. The van der Waals surface area contributed by atoms with Crippen LogP contribution < -0.4 is 4.74 Å². The lowest BCUT2D eigenvalue weighted by Crippen LogP contribution is -1.80. The van der Waals surface area contributed by atoms with Crippen LogP contribution in [0.5, 0.6) is 5.88 Å². The van der Waals surface area contributed by atoms with E-state index in [9.17, 15) is 0 Å². The smallest absolute Gasteiger partial charge is 0.192 e. The van der Waals surface area contributed by atoms with Crippen LogP contribution in [-0.4, -0.2) is 17.1 Å². The summed E-state index contributed by atoms with van der Waals surface area (Å²) in [4.78, 5) is 7.13. The van der Waals surface area contributed by atoms with E-state index in [2.05, 4.69) is 9.97 Å². The molecule has 0 aliphatic carbocycles. The highest BCUT2D eigenvalue weighted by Crippen LogP contribution is 2.16. The Balaban J connectivity index is 2.69. The molecule has 0 fully saturated rings. The molecule has 0 unspecified atom stereocenters. The number of pyridine rings is 1. The highest BCUT2D eigenvalue weighted by Gasteiger charge is 1.98. The molecular formula is C8H8N2O. The fraction of sp³-hybridized carbons (Fsp3) is 0.125. The van der Waals surface area contributed by atoms with E-state index in [1.165, 1.54) is 0 Å². The molecule has 3 nitrogen and oxygen atoms in total. The number of H-pyrrole nitrogens is 1. The third kappa shape index (κ3) is 0.941. The molecule has 0 radical (unpaired) electrons. The van der Waals surface area contributed by atoms with E-state index in [1.54, 1.807) is 13.3 Å². The summed E-state index contributed by atoms with van der Waals surface area (Å²) in [5, 5.41) is 1.07. The lowest BCUT2D eigenvalue weighted by Gasteiger charge is -1.88. The first kappa shape index (κ1) is 6.22. The van der Waals surface area contributed by atoms with E-state index in [1.807, 2.05) is 18.2 Å². The van der Waals surface area contributed by atoms with E-state index in [0.29, 0.717) is 0 Å². The molecule has 0 spiro atoms. The average molecular weight is 148 g/mol. The summed E-state index contributed by atoms with van der Waals surface area (Å²) in [5.41, 5.74) is 0.865. The number of aromatic nitrogens is 2. The van der Waals surface area contributed by atoms with Crippen molar-refractivity contribution in [1.29, 1.82) is 0 Å². The Morgan fingerprint density at radius 3 is 3.18 bits per heavy atom. The van der Waals surface area contributed by atoms with Gasteiger partial charge in [-0.15, -0.1) is 0 Å². The number of nitrogens with one attached hydrogen (secondary N) is 1. The molecule has 0 saturated carbocycles. The van der Waals surface area contributed by atoms with Crippen LogP contribution in [0, 0.1) is 0 Å². The van der Waals surface area contributed by atoms with Crippen LogP contribution in [0.3, 0.4) is 0 Å². The maximum atomic E-state index is 5.00. The van der Waals surface area contributed by atoms with Gasteiger partial charge in [-0.1, -0.05) is 0 Å². The first-order chi connectivity index (χ1) is 5.40. The lowest BCUT2D eigenvalue weighted by atomic mass is 10.3. The topological polar surface area (TPSA) is 37.9 Å². The molecule has 2 aromatic heterocycles. The Bertz CT molecular complexity index is 334. The number of rotatable bonds is 1. The number of methoxy groups -OCH3 is 1. The van der Waals surface area contributed by atoms with Gasteiger partial charge in [0.1, 0.15) is 5.65 Å². The van der Waals surface area contributed by atoms with E-state index in [0.717, 1.165) is 16.9 Å². The molecule has 0 amide bonds. The maximum absolute atomic E-state index is 5.00. The van der Waals surface area contributed by atoms with Crippen molar-refractivity contribution in [1.82, 2.24) is 9.97 Å². The summed E-state index contributed by atoms with van der Waals surface area (Å²) in [6, 6.07) is 5.80. The Morgan fingerprint density at radius 2 is 2.45 bits per heavy atom. The van der Waals surface area contributed by atoms with Crippen LogP contribution in [0.1, 0.15) is 0 Å². The number of aromatic amines is 1. The predicted molar refractivity (Wildman–Crippen MR) is 42.6 cm³/mol. The molecule has 3 heteroatoms. The molecule has 0 aromatic carbocycles. The minimum absolute atomic E-state index is 0.749. The summed E-state index contributed by atoms with van der Waals surface area (Å²) in [6.07, 6.45) is 1.75. The third-order valence-corrected chi connectivity index (χ3v) is 1.59. The van der Waals surface area contributed by atoms with Crippen molar-refractivity contribution in [2.24, 2.45) is 0 Å². The molecule has 0 bridgehead atoms. The Hall–Kier alpha value is -1.51. The first-order valence-corrected chi connectivity index (χ1v) is 3.38. The van der Waals surface area contributed by atoms with Crippen molar-refractivity contribution in [2.45, 2.75) is 0 Å². The molecular weight excluding hydrogens is 140 g/mol. The number of hydrogen-bond donors (Lipinski definition) is 1. The minimum Gasteiger partial charge on any atom is -0.482 e. The molecule has 1 N–H and O–H groups in total. The van der Waals surface area contributed by atoms with Gasteiger partial charge in [0.25, 0.3) is 0 Å². The van der Waals surface area contributed by atoms with E-state index in [-0.39, 0.29) is 0 Å². The van der Waals surface area contributed by atoms with Gasteiger partial charge in [0.2, 0.25) is 0 Å². The third-order valence-electron chi connectivity index (χ3n) is 1.59. The van der Waals surface area contributed by atoms with Gasteiger partial charge in [-0.2, -0.15) is 0 Å². The number of hydrogen-bond acceptors (Lipinski definition) is 2. The summed E-state index contributed by atoms with van der Waals surface area (Å²) in [5.74, 6) is 0.749. The number of fused-ring (bicyclic) bond motifs is 1. The van der Waals surface area contributed by atoms with Gasteiger partial charge in [0.05, 0.1) is 7.11 Å². The molecule has 56 valence electrons. The summed E-state index contributed by atoms with van der Waals surface area (Å²) < 4.78 is 5.00. The van der Waals surface area contributed by atoms with Crippen LogP contribution in [0.4, 0.5) is 0 Å². The normalized spacial score (nSPS) is 10.3. The van der Waals surface area contributed by atoms with Gasteiger partial charge in [0, 0.05) is 17.6 Å². The molecule has 0 aliphatic rings. The zero-order valence-electron chi connectivity index (χ0n) is 6.16. The number of nitrogens with zero attached hydrogens (tertiary/aromatic N) is 1. The Morgan fingerprint density at radius 1 is 1.55 bits per heavy atom. The molecule has 2 rings (SSSR count). The summed E-state index contributed by atoms with van der Waals surface area (Å²) >= 11 is 0. The molecule has 2 heterocycles. The first-order valence-electron chi connectivity index (χ1n) is 3.38. The van der Waals surface area contributed by atoms with E-state index in [4.69, 9.17) is 4.74 Å². The van der Waals surface area contributed by atoms with Gasteiger partial charge in [0.15, 0.2) is 5.88 Å². The maximum Gasteiger partial charge on any atom is 0.192 e. The van der Waals surface area contributed by atoms with Gasteiger partial charge in [-0.05, 0) is 12.1 Å². The van der Waals surface area contributed by atoms with Crippen LogP contribution >= 0.6 is 0 Å². The van der Waals surface area contributed by atoms with Crippen molar-refractivity contribution in [2.75, 3.05) is 7.11 Å². The van der Waals surface area contributed by atoms with Gasteiger partial charge >= 0.3 is 0 Å². The largest absolute Gasteiger partial charge is 0.482 e. The second-order valence-electron chi connectivity index (χ2n) is 2.28. The Labute approximate surface area is 64.0 Å². The molecule has 11 heavy (non-hydrogen) atoms. The zero-order valence-corrected chi connectivity index (χ0v) is 6.16. The molecule has 2 aromatic rings. The second kappa shape index (κ2) is 2.27. The van der Waals surface area contributed by atoms with Crippen LogP contribution in [0.2, 0.25) is 0 Å². The fourth-order valence-corrected chi connectivity index (χ4v) is 1.04. The molecule has 0 saturated heterocycles. The minimum atomic E-state index is 0.749. The zero-order chi connectivity index (χ0) is 7.68. The molecule has 0 atom stereocenters. The lowest BCUT2D eigenvalue weighted by molar-refractivity contribution is 0.401. The van der Waals surface area contributed by atoms with E-state index < -0.39 is 0 Å². The number of ether oxygens (including phenoxy) is 1. The quantitative estimate of drug-likeness (QED) is 0.666. The average Bonchev–Trinajstić information content (AvgIpc) is 2.46. The van der Waals surface area contributed by atoms with Crippen molar-refractivity contribution in [3.05, 3.63) is 24.4 Å². The van der Waals surface area contributed by atoms with E-state index >= 15 is 0 Å². The monoisotopic (exact) mass is 148 g/mol. The van der Waals surface area contributed by atoms with Gasteiger partial charge < -0.3 is 9.72 Å². The summed E-state index contributed by atoms with van der Waals surface area (Å²) in [7, 11) is 1.63. The van der Waals surface area contributed by atoms with Gasteiger partial charge in [-0.3, -0.25) is 0 Å². The summed E-state index contributed by atoms with van der Waals surface area (Å²) in [6.45, 7) is 0. The van der Waals surface area contributed by atoms with Crippen LogP contribution in [0.15, 0.2) is 24.4 Å². The standard InChI is InChI=1S/C8H8N2O/c1-11-7-5-6-3-2-4-9-8(6)10-7/h2-5H,1H3,(H,9,10).